The van der Waals surface area contributed by atoms with Crippen molar-refractivity contribution in [3.05, 3.63) is 0 Å². The van der Waals surface area contributed by atoms with Crippen molar-refractivity contribution in [1.82, 2.24) is 0 Å². The third kappa shape index (κ3) is 5.26. The van der Waals surface area contributed by atoms with Gasteiger partial charge in [-0.2, -0.15) is 0 Å². The molecule has 0 saturated heterocycles. The van der Waals surface area contributed by atoms with Crippen molar-refractivity contribution >= 4 is 5.71 Å². The summed E-state index contributed by atoms with van der Waals surface area (Å²) in [5, 5.41) is 9.59. The molecule has 1 N–H and O–H groups in total. The zero-order chi connectivity index (χ0) is 8.20. The summed E-state index contributed by atoms with van der Waals surface area (Å²) in [5.74, 6) is 0. The van der Waals surface area contributed by atoms with Gasteiger partial charge in [0.2, 0.25) is 0 Å². The van der Waals surface area contributed by atoms with Crippen LogP contribution in [0.4, 0.5) is 0 Å². The summed E-state index contributed by atoms with van der Waals surface area (Å²) >= 11 is 0. The molecular formula is C8H17NNdO. The first-order chi connectivity index (χ1) is 4.54. The molecule has 3 heteroatoms. The van der Waals surface area contributed by atoms with Gasteiger partial charge in [0.05, 0.1) is 5.60 Å². The van der Waals surface area contributed by atoms with E-state index in [2.05, 4.69) is 4.99 Å². The first kappa shape index (κ1) is 14.5. The summed E-state index contributed by atoms with van der Waals surface area (Å²) in [7, 11) is 0. The molecule has 0 aromatic heterocycles. The molecule has 0 aromatic carbocycles. The molecule has 0 aromatic rings. The molecule has 2 nitrogen and oxygen atoms in total. The van der Waals surface area contributed by atoms with E-state index in [9.17, 15) is 5.11 Å². The predicted octanol–water partition coefficient (Wildman–Crippen LogP) is 1.63. The van der Waals surface area contributed by atoms with Gasteiger partial charge in [-0.3, -0.25) is 4.99 Å². The summed E-state index contributed by atoms with van der Waals surface area (Å²) in [4.78, 5) is 4.13. The molecule has 1 unspecified atom stereocenters. The molecule has 0 aliphatic rings. The van der Waals surface area contributed by atoms with E-state index in [1.54, 1.807) is 6.92 Å². The van der Waals surface area contributed by atoms with Gasteiger partial charge in [-0.1, -0.05) is 6.92 Å². The third-order valence-electron chi connectivity index (χ3n) is 1.86. The van der Waals surface area contributed by atoms with Crippen LogP contribution in [-0.4, -0.2) is 23.0 Å². The van der Waals surface area contributed by atoms with E-state index in [1.165, 1.54) is 0 Å². The van der Waals surface area contributed by atoms with Gasteiger partial charge in [0.1, 0.15) is 0 Å². The largest absolute Gasteiger partial charge is 0.384 e. The summed E-state index contributed by atoms with van der Waals surface area (Å²) < 4.78 is 0. The van der Waals surface area contributed by atoms with E-state index in [0.29, 0.717) is 0 Å². The van der Waals surface area contributed by atoms with Gasteiger partial charge in [-0.05, 0) is 27.2 Å². The molecule has 0 amide bonds. The predicted molar refractivity (Wildman–Crippen MR) is 44.6 cm³/mol. The van der Waals surface area contributed by atoms with Crippen LogP contribution in [0.15, 0.2) is 4.99 Å². The monoisotopic (exact) mass is 285 g/mol. The minimum atomic E-state index is -0.698. The average Bonchev–Trinajstić information content (AvgIpc) is 1.89. The molecule has 0 rings (SSSR count). The molecule has 1 atom stereocenters. The molecule has 0 spiro atoms. The second-order valence-electron chi connectivity index (χ2n) is 2.69. The minimum absolute atomic E-state index is 0. The van der Waals surface area contributed by atoms with Crippen LogP contribution < -0.4 is 0 Å². The Hall–Kier alpha value is 0.981. The van der Waals surface area contributed by atoms with Gasteiger partial charge in [-0.15, -0.1) is 0 Å². The number of aliphatic imine (C=N–C) groups is 1. The molecule has 0 fully saturated rings. The van der Waals surface area contributed by atoms with Crippen LogP contribution in [0.5, 0.6) is 0 Å². The van der Waals surface area contributed by atoms with Crippen molar-refractivity contribution in [3.63, 3.8) is 0 Å². The zero-order valence-corrected chi connectivity index (χ0v) is 11.0. The number of hydrogen-bond acceptors (Lipinski definition) is 2. The number of aliphatic hydroxyl groups is 1. The number of hydrogen-bond donors (Lipinski definition) is 1. The van der Waals surface area contributed by atoms with Crippen LogP contribution in [0, 0.1) is 40.8 Å². The number of rotatable bonds is 3. The van der Waals surface area contributed by atoms with Crippen molar-refractivity contribution in [2.75, 3.05) is 6.54 Å². The maximum Gasteiger partial charge on any atom is 0.0988 e. The van der Waals surface area contributed by atoms with Crippen molar-refractivity contribution in [3.8, 4) is 0 Å². The Morgan fingerprint density at radius 2 is 1.91 bits per heavy atom. The Labute approximate surface area is 102 Å². The molecule has 0 saturated carbocycles. The molecule has 0 heterocycles. The van der Waals surface area contributed by atoms with E-state index in [4.69, 9.17) is 0 Å². The van der Waals surface area contributed by atoms with Gasteiger partial charge < -0.3 is 5.11 Å². The van der Waals surface area contributed by atoms with Gasteiger partial charge in [0.25, 0.3) is 0 Å². The fraction of sp³-hybridized carbons (Fsp3) is 0.875. The SMILES string of the molecule is CCN=C(C)C(C)(O)CC.[Nd]. The Morgan fingerprint density at radius 3 is 2.18 bits per heavy atom. The smallest absolute Gasteiger partial charge is 0.0988 e. The van der Waals surface area contributed by atoms with Gasteiger partial charge in [0.15, 0.2) is 0 Å². The minimum Gasteiger partial charge on any atom is -0.384 e. The van der Waals surface area contributed by atoms with Gasteiger partial charge >= 0.3 is 0 Å². The van der Waals surface area contributed by atoms with E-state index in [0.717, 1.165) is 18.7 Å². The summed E-state index contributed by atoms with van der Waals surface area (Å²) in [6, 6.07) is 0. The van der Waals surface area contributed by atoms with Crippen LogP contribution in [-0.2, 0) is 0 Å². The Bertz CT molecular complexity index is 132. The van der Waals surface area contributed by atoms with Crippen molar-refractivity contribution in [2.24, 2.45) is 4.99 Å². The molecule has 0 radical (unpaired) electrons. The fourth-order valence-electron chi connectivity index (χ4n) is 0.663. The molecular weight excluding hydrogens is 270 g/mol. The van der Waals surface area contributed by atoms with Gasteiger partial charge in [0, 0.05) is 53.1 Å². The summed E-state index contributed by atoms with van der Waals surface area (Å²) in [6.45, 7) is 8.33. The zero-order valence-electron chi connectivity index (χ0n) is 7.81. The standard InChI is InChI=1S/C8H17NO.Nd/c1-5-8(4,10)7(3)9-6-2;/h10H,5-6H2,1-4H3;. The van der Waals surface area contributed by atoms with E-state index in [1.807, 2.05) is 20.8 Å². The first-order valence-corrected chi connectivity index (χ1v) is 3.78. The topological polar surface area (TPSA) is 32.6 Å². The third-order valence-corrected chi connectivity index (χ3v) is 1.86. The first-order valence-electron chi connectivity index (χ1n) is 3.78. The van der Waals surface area contributed by atoms with Crippen molar-refractivity contribution < 1.29 is 45.9 Å². The fourth-order valence-corrected chi connectivity index (χ4v) is 0.663. The second kappa shape index (κ2) is 6.49. The van der Waals surface area contributed by atoms with Crippen LogP contribution in [0.25, 0.3) is 0 Å². The maximum atomic E-state index is 9.59. The Morgan fingerprint density at radius 1 is 1.45 bits per heavy atom. The average molecular weight is 287 g/mol. The van der Waals surface area contributed by atoms with Gasteiger partial charge in [-0.25, -0.2) is 0 Å². The van der Waals surface area contributed by atoms with Crippen LogP contribution in [0.3, 0.4) is 0 Å². The van der Waals surface area contributed by atoms with Crippen LogP contribution >= 0.6 is 0 Å². The summed E-state index contributed by atoms with van der Waals surface area (Å²) in [6.07, 6.45) is 0.725. The van der Waals surface area contributed by atoms with E-state index < -0.39 is 5.60 Å². The van der Waals surface area contributed by atoms with Crippen molar-refractivity contribution in [1.29, 1.82) is 0 Å². The Balaban J connectivity index is 0. The number of nitrogens with zero attached hydrogens (tertiary/aromatic N) is 1. The molecule has 0 aliphatic heterocycles. The molecule has 0 bridgehead atoms. The van der Waals surface area contributed by atoms with E-state index in [-0.39, 0.29) is 40.8 Å². The molecule has 0 aliphatic carbocycles. The van der Waals surface area contributed by atoms with E-state index >= 15 is 0 Å². The normalized spacial score (nSPS) is 17.0. The summed E-state index contributed by atoms with van der Waals surface area (Å²) in [5.41, 5.74) is 0.133. The van der Waals surface area contributed by atoms with Crippen LogP contribution in [0.1, 0.15) is 34.1 Å². The van der Waals surface area contributed by atoms with Crippen LogP contribution in [0.2, 0.25) is 0 Å². The maximum absolute atomic E-state index is 9.59. The quantitative estimate of drug-likeness (QED) is 0.786. The Kier molecular flexibility index (Phi) is 8.56. The molecule has 11 heavy (non-hydrogen) atoms. The molecule has 64 valence electrons. The second-order valence-corrected chi connectivity index (χ2v) is 2.69. The van der Waals surface area contributed by atoms with Crippen molar-refractivity contribution in [2.45, 2.75) is 39.7 Å².